The zero-order valence-electron chi connectivity index (χ0n) is 21.5. The fourth-order valence-electron chi connectivity index (χ4n) is 6.39. The van der Waals surface area contributed by atoms with E-state index in [1.807, 2.05) is 29.2 Å². The van der Waals surface area contributed by atoms with Crippen molar-refractivity contribution >= 4 is 27.4 Å². The molecule has 3 aromatic heterocycles. The first-order valence-corrected chi connectivity index (χ1v) is 14.8. The molecular weight excluding hydrogens is 524 g/mol. The van der Waals surface area contributed by atoms with E-state index in [1.54, 1.807) is 5.57 Å². The molecule has 3 aromatic rings. The van der Waals surface area contributed by atoms with Gasteiger partial charge in [0, 0.05) is 44.0 Å². The molecule has 6 rings (SSSR count). The average Bonchev–Trinajstić information content (AvgIpc) is 3.33. The van der Waals surface area contributed by atoms with Crippen LogP contribution in [-0.2, 0) is 6.54 Å². The molecule has 194 valence electrons. The van der Waals surface area contributed by atoms with Crippen molar-refractivity contribution in [3.05, 3.63) is 76.3 Å². The molecule has 4 heterocycles. The molecule has 2 fully saturated rings. The van der Waals surface area contributed by atoms with Crippen molar-refractivity contribution in [2.24, 2.45) is 11.8 Å². The Balaban J connectivity index is 1.16. The predicted molar refractivity (Wildman–Crippen MR) is 153 cm³/mol. The third-order valence-corrected chi connectivity index (χ3v) is 8.87. The van der Waals surface area contributed by atoms with Gasteiger partial charge >= 0.3 is 0 Å². The predicted octanol–water partition coefficient (Wildman–Crippen LogP) is 6.76. The molecule has 2 atom stereocenters. The quantitative estimate of drug-likeness (QED) is 0.346. The first kappa shape index (κ1) is 24.8. The second-order valence-electron chi connectivity index (χ2n) is 11.0. The standard InChI is InChI=1S/C30H37BrN6/c31-27-19-34-37-29(33-18-23-8-5-13-32-17-23)16-28(35-30(27)37)26-12-6-14-36(21-26)20-22-7-4-11-25(15-22)24-9-2-1-3-10-24/h4-5,8,11,13,15-17,19,22,24,26,33H,1-3,6-7,9-10,12,14,18,20-21H2. The van der Waals surface area contributed by atoms with Gasteiger partial charge in [0.2, 0.25) is 0 Å². The number of nitrogens with one attached hydrogen (secondary N) is 1. The summed E-state index contributed by atoms with van der Waals surface area (Å²) in [5.74, 6) is 2.84. The van der Waals surface area contributed by atoms with Crippen LogP contribution in [0.5, 0.6) is 0 Å². The van der Waals surface area contributed by atoms with Crippen LogP contribution in [0.4, 0.5) is 5.82 Å². The molecule has 37 heavy (non-hydrogen) atoms. The van der Waals surface area contributed by atoms with Gasteiger partial charge in [0.25, 0.3) is 0 Å². The van der Waals surface area contributed by atoms with E-state index < -0.39 is 0 Å². The fraction of sp³-hybridized carbons (Fsp3) is 0.500. The Morgan fingerprint density at radius 1 is 1.05 bits per heavy atom. The molecule has 0 bridgehead atoms. The number of piperidine rings is 1. The van der Waals surface area contributed by atoms with Gasteiger partial charge in [-0.2, -0.15) is 9.61 Å². The van der Waals surface area contributed by atoms with Crippen LogP contribution in [0.1, 0.15) is 68.5 Å². The third kappa shape index (κ3) is 5.83. The summed E-state index contributed by atoms with van der Waals surface area (Å²) in [6.45, 7) is 4.12. The smallest absolute Gasteiger partial charge is 0.171 e. The van der Waals surface area contributed by atoms with E-state index in [0.717, 1.165) is 46.2 Å². The molecular formula is C30H37BrN6. The Bertz CT molecular complexity index is 1260. The van der Waals surface area contributed by atoms with Crippen LogP contribution >= 0.6 is 15.9 Å². The van der Waals surface area contributed by atoms with Crippen molar-refractivity contribution in [1.82, 2.24) is 24.5 Å². The number of hydrogen-bond acceptors (Lipinski definition) is 5. The Hall–Kier alpha value is -2.51. The summed E-state index contributed by atoms with van der Waals surface area (Å²) < 4.78 is 2.83. The molecule has 0 radical (unpaired) electrons. The molecule has 1 saturated heterocycles. The minimum absolute atomic E-state index is 0.431. The minimum Gasteiger partial charge on any atom is -0.366 e. The highest BCUT2D eigenvalue weighted by Gasteiger charge is 2.27. The molecule has 0 spiro atoms. The number of likely N-dealkylation sites (tertiary alicyclic amines) is 1. The number of aromatic nitrogens is 4. The summed E-state index contributed by atoms with van der Waals surface area (Å²) in [5.41, 5.74) is 4.80. The van der Waals surface area contributed by atoms with Crippen LogP contribution < -0.4 is 5.32 Å². The molecule has 3 aliphatic rings. The number of fused-ring (bicyclic) bond motifs is 1. The van der Waals surface area contributed by atoms with Crippen molar-refractivity contribution in [3.8, 4) is 0 Å². The summed E-state index contributed by atoms with van der Waals surface area (Å²) in [6.07, 6.45) is 23.6. The first-order chi connectivity index (χ1) is 18.2. The molecule has 1 aliphatic heterocycles. The SMILES string of the molecule is Brc1cnn2c(NCc3cccnc3)cc(C3CCCN(CC4C=C(C5CCCCC5)C=CC4)C3)nc12. The van der Waals surface area contributed by atoms with Gasteiger partial charge in [-0.3, -0.25) is 4.98 Å². The van der Waals surface area contributed by atoms with E-state index >= 15 is 0 Å². The van der Waals surface area contributed by atoms with Crippen LogP contribution in [-0.4, -0.2) is 44.1 Å². The summed E-state index contributed by atoms with van der Waals surface area (Å²) in [4.78, 5) is 12.0. The van der Waals surface area contributed by atoms with Gasteiger partial charge in [-0.15, -0.1) is 0 Å². The van der Waals surface area contributed by atoms with E-state index in [2.05, 4.69) is 66.6 Å². The van der Waals surface area contributed by atoms with Gasteiger partial charge in [0.15, 0.2) is 5.65 Å². The monoisotopic (exact) mass is 560 g/mol. The van der Waals surface area contributed by atoms with E-state index in [9.17, 15) is 0 Å². The topological polar surface area (TPSA) is 58.4 Å². The number of allylic oxidation sites excluding steroid dienone is 3. The molecule has 6 nitrogen and oxygen atoms in total. The highest BCUT2D eigenvalue weighted by atomic mass is 79.9. The summed E-state index contributed by atoms with van der Waals surface area (Å²) in [5, 5.41) is 8.14. The Kier molecular flexibility index (Phi) is 7.70. The van der Waals surface area contributed by atoms with Crippen LogP contribution in [0.15, 0.2) is 65.1 Å². The van der Waals surface area contributed by atoms with Crippen molar-refractivity contribution in [3.63, 3.8) is 0 Å². The number of halogens is 1. The normalized spacial score (nSPS) is 23.3. The van der Waals surface area contributed by atoms with Gasteiger partial charge in [-0.05, 0) is 83.6 Å². The Morgan fingerprint density at radius 3 is 2.81 bits per heavy atom. The number of nitrogens with zero attached hydrogens (tertiary/aromatic N) is 5. The maximum atomic E-state index is 5.08. The molecule has 2 unspecified atom stereocenters. The highest BCUT2D eigenvalue weighted by molar-refractivity contribution is 9.10. The van der Waals surface area contributed by atoms with Gasteiger partial charge in [0.05, 0.1) is 16.4 Å². The summed E-state index contributed by atoms with van der Waals surface area (Å²) in [6, 6.07) is 6.27. The van der Waals surface area contributed by atoms with Crippen LogP contribution in [0, 0.1) is 11.8 Å². The number of pyridine rings is 1. The Labute approximate surface area is 228 Å². The van der Waals surface area contributed by atoms with Gasteiger partial charge in [0.1, 0.15) is 5.82 Å². The zero-order valence-corrected chi connectivity index (χ0v) is 23.1. The second-order valence-corrected chi connectivity index (χ2v) is 11.9. The van der Waals surface area contributed by atoms with Gasteiger partial charge < -0.3 is 10.2 Å². The number of hydrogen-bond donors (Lipinski definition) is 1. The summed E-state index contributed by atoms with van der Waals surface area (Å²) in [7, 11) is 0. The van der Waals surface area contributed by atoms with Crippen LogP contribution in [0.3, 0.4) is 0 Å². The van der Waals surface area contributed by atoms with Crippen molar-refractivity contribution in [2.75, 3.05) is 25.0 Å². The van der Waals surface area contributed by atoms with Gasteiger partial charge in [-0.1, -0.05) is 43.6 Å². The van der Waals surface area contributed by atoms with E-state index in [0.29, 0.717) is 18.4 Å². The lowest BCUT2D eigenvalue weighted by Gasteiger charge is -2.35. The molecule has 0 aromatic carbocycles. The first-order valence-electron chi connectivity index (χ1n) is 14.0. The lowest BCUT2D eigenvalue weighted by Crippen LogP contribution is -2.38. The third-order valence-electron chi connectivity index (χ3n) is 8.32. The highest BCUT2D eigenvalue weighted by Crippen LogP contribution is 2.35. The van der Waals surface area contributed by atoms with Crippen molar-refractivity contribution < 1.29 is 0 Å². The lowest BCUT2D eigenvalue weighted by molar-refractivity contribution is 0.188. The van der Waals surface area contributed by atoms with Gasteiger partial charge in [-0.25, -0.2) is 4.98 Å². The Morgan fingerprint density at radius 2 is 1.95 bits per heavy atom. The molecule has 2 aliphatic carbocycles. The second kappa shape index (κ2) is 11.5. The van der Waals surface area contributed by atoms with E-state index in [4.69, 9.17) is 4.98 Å². The van der Waals surface area contributed by atoms with E-state index in [1.165, 1.54) is 57.9 Å². The number of rotatable bonds is 7. The maximum Gasteiger partial charge on any atom is 0.171 e. The van der Waals surface area contributed by atoms with Crippen LogP contribution in [0.2, 0.25) is 0 Å². The van der Waals surface area contributed by atoms with E-state index in [-0.39, 0.29) is 0 Å². The maximum absolute atomic E-state index is 5.08. The molecule has 1 N–H and O–H groups in total. The lowest BCUT2D eigenvalue weighted by atomic mass is 9.80. The molecule has 0 amide bonds. The number of anilines is 1. The van der Waals surface area contributed by atoms with Crippen molar-refractivity contribution in [2.45, 2.75) is 63.8 Å². The molecule has 1 saturated carbocycles. The van der Waals surface area contributed by atoms with Crippen LogP contribution in [0.25, 0.3) is 5.65 Å². The minimum atomic E-state index is 0.431. The molecule has 7 heteroatoms. The van der Waals surface area contributed by atoms with Crippen molar-refractivity contribution in [1.29, 1.82) is 0 Å². The largest absolute Gasteiger partial charge is 0.366 e. The fourth-order valence-corrected chi connectivity index (χ4v) is 6.74. The zero-order chi connectivity index (χ0) is 25.0. The summed E-state index contributed by atoms with van der Waals surface area (Å²) >= 11 is 3.66. The average molecular weight is 562 g/mol.